The molecular formula is C26H25N3O4S. The Morgan fingerprint density at radius 1 is 1.00 bits per heavy atom. The van der Waals surface area contributed by atoms with Gasteiger partial charge in [-0.15, -0.1) is 0 Å². The fourth-order valence-corrected chi connectivity index (χ4v) is 5.10. The molecule has 0 saturated heterocycles. The molecule has 0 radical (unpaired) electrons. The molecule has 0 aliphatic carbocycles. The lowest BCUT2D eigenvalue weighted by Gasteiger charge is -2.20. The number of carbonyl (C=O) groups is 1. The van der Waals surface area contributed by atoms with Crippen LogP contribution in [0.4, 0.5) is 5.69 Å². The lowest BCUT2D eigenvalue weighted by Crippen LogP contribution is -2.45. The van der Waals surface area contributed by atoms with Crippen molar-refractivity contribution < 1.29 is 17.9 Å². The summed E-state index contributed by atoms with van der Waals surface area (Å²) in [6.07, 6.45) is 1.71. The van der Waals surface area contributed by atoms with Gasteiger partial charge >= 0.3 is 0 Å². The summed E-state index contributed by atoms with van der Waals surface area (Å²) in [4.78, 5) is 17.6. The number of sulfonamides is 1. The number of anilines is 1. The van der Waals surface area contributed by atoms with E-state index in [4.69, 9.17) is 4.74 Å². The molecule has 0 bridgehead atoms. The van der Waals surface area contributed by atoms with Crippen molar-refractivity contribution in [3.63, 3.8) is 0 Å². The Labute approximate surface area is 198 Å². The average Bonchev–Trinajstić information content (AvgIpc) is 2.84. The molecule has 7 nitrogen and oxygen atoms in total. The molecule has 0 saturated carbocycles. The van der Waals surface area contributed by atoms with E-state index in [9.17, 15) is 13.2 Å². The zero-order chi connectivity index (χ0) is 24.1. The van der Waals surface area contributed by atoms with Gasteiger partial charge < -0.3 is 10.1 Å². The Morgan fingerprint density at radius 3 is 2.53 bits per heavy atom. The second kappa shape index (κ2) is 10.0. The van der Waals surface area contributed by atoms with Gasteiger partial charge in [0.2, 0.25) is 15.9 Å². The molecule has 174 valence electrons. The molecule has 3 aromatic carbocycles. The largest absolute Gasteiger partial charge is 0.495 e. The first-order valence-electron chi connectivity index (χ1n) is 10.7. The predicted octanol–water partition coefficient (Wildman–Crippen LogP) is 4.08. The van der Waals surface area contributed by atoms with Gasteiger partial charge in [0.1, 0.15) is 16.7 Å². The Hall–Kier alpha value is -3.75. The molecule has 0 spiro atoms. The number of aryl methyl sites for hydroxylation is 1. The third-order valence-electron chi connectivity index (χ3n) is 5.39. The number of amides is 1. The van der Waals surface area contributed by atoms with Crippen LogP contribution in [0.15, 0.2) is 90.0 Å². The molecule has 4 aromatic rings. The molecule has 0 aliphatic heterocycles. The van der Waals surface area contributed by atoms with Gasteiger partial charge in [-0.2, -0.15) is 4.72 Å². The van der Waals surface area contributed by atoms with E-state index in [1.807, 2.05) is 43.3 Å². The van der Waals surface area contributed by atoms with Crippen LogP contribution in [0, 0.1) is 6.92 Å². The topological polar surface area (TPSA) is 97.4 Å². The Morgan fingerprint density at radius 2 is 1.76 bits per heavy atom. The number of fused-ring (bicyclic) bond motifs is 1. The van der Waals surface area contributed by atoms with Gasteiger partial charge in [0.05, 0.1) is 18.3 Å². The number of ether oxygens (including phenoxy) is 1. The zero-order valence-electron chi connectivity index (χ0n) is 18.9. The highest BCUT2D eigenvalue weighted by molar-refractivity contribution is 7.89. The first kappa shape index (κ1) is 23.4. The van der Waals surface area contributed by atoms with Gasteiger partial charge in [-0.05, 0) is 48.7 Å². The maximum Gasteiger partial charge on any atom is 0.243 e. The average molecular weight is 476 g/mol. The van der Waals surface area contributed by atoms with Crippen molar-refractivity contribution in [2.24, 2.45) is 0 Å². The summed E-state index contributed by atoms with van der Waals surface area (Å²) >= 11 is 0. The highest BCUT2D eigenvalue weighted by Crippen LogP contribution is 2.26. The van der Waals surface area contributed by atoms with Gasteiger partial charge in [0.15, 0.2) is 0 Å². The van der Waals surface area contributed by atoms with E-state index in [1.54, 1.807) is 42.6 Å². The molecule has 0 unspecified atom stereocenters. The van der Waals surface area contributed by atoms with E-state index in [2.05, 4.69) is 15.0 Å². The number of carbonyl (C=O) groups excluding carboxylic acids is 1. The normalized spacial score (nSPS) is 12.3. The number of nitrogens with zero attached hydrogens (tertiary/aromatic N) is 1. The van der Waals surface area contributed by atoms with Gasteiger partial charge in [0.25, 0.3) is 0 Å². The van der Waals surface area contributed by atoms with Crippen LogP contribution in [-0.4, -0.2) is 32.5 Å². The highest BCUT2D eigenvalue weighted by atomic mass is 32.2. The van der Waals surface area contributed by atoms with Gasteiger partial charge in [-0.3, -0.25) is 9.78 Å². The predicted molar refractivity (Wildman–Crippen MR) is 132 cm³/mol. The lowest BCUT2D eigenvalue weighted by molar-refractivity contribution is -0.117. The fourth-order valence-electron chi connectivity index (χ4n) is 3.72. The zero-order valence-corrected chi connectivity index (χ0v) is 19.7. The molecule has 8 heteroatoms. The number of aromatic nitrogens is 1. The number of para-hydroxylation sites is 1. The van der Waals surface area contributed by atoms with Crippen LogP contribution in [-0.2, 0) is 21.2 Å². The summed E-state index contributed by atoms with van der Waals surface area (Å²) in [7, 11) is -2.56. The number of benzene rings is 3. The summed E-state index contributed by atoms with van der Waals surface area (Å²) in [6.45, 7) is 1.90. The van der Waals surface area contributed by atoms with Crippen LogP contribution in [0.1, 0.15) is 11.1 Å². The molecular weight excluding hydrogens is 450 g/mol. The number of hydrogen-bond acceptors (Lipinski definition) is 5. The molecule has 0 fully saturated rings. The third kappa shape index (κ3) is 5.24. The third-order valence-corrected chi connectivity index (χ3v) is 6.90. The fraction of sp³-hybridized carbons (Fsp3) is 0.154. The summed E-state index contributed by atoms with van der Waals surface area (Å²) in [5.41, 5.74) is 2.56. The number of nitrogens with one attached hydrogen (secondary N) is 2. The Bertz CT molecular complexity index is 1420. The van der Waals surface area contributed by atoms with Crippen LogP contribution >= 0.6 is 0 Å². The lowest BCUT2D eigenvalue weighted by atomic mass is 10.1. The van der Waals surface area contributed by atoms with Crippen LogP contribution in [0.25, 0.3) is 10.9 Å². The Balaban J connectivity index is 1.68. The van der Waals surface area contributed by atoms with E-state index in [0.717, 1.165) is 11.1 Å². The number of rotatable bonds is 8. The van der Waals surface area contributed by atoms with Crippen LogP contribution in [0.5, 0.6) is 5.75 Å². The number of pyridine rings is 1. The maximum atomic E-state index is 13.4. The van der Waals surface area contributed by atoms with E-state index in [0.29, 0.717) is 22.3 Å². The molecule has 34 heavy (non-hydrogen) atoms. The second-order valence-corrected chi connectivity index (χ2v) is 9.57. The summed E-state index contributed by atoms with van der Waals surface area (Å²) in [6, 6.07) is 22.0. The van der Waals surface area contributed by atoms with Crippen molar-refractivity contribution in [2.75, 3.05) is 12.4 Å². The first-order chi connectivity index (χ1) is 16.4. The standard InChI is InChI=1S/C26H25N3O4S/c1-18-13-14-23(33-2)21(16-18)28-26(30)22(17-19-8-4-3-5-9-19)29-34(31,32)24-12-6-10-20-11-7-15-27-25(20)24/h3-16,22,29H,17H2,1-2H3,(H,28,30)/t22-/m0/s1. The van der Waals surface area contributed by atoms with Crippen LogP contribution in [0.3, 0.4) is 0 Å². The van der Waals surface area contributed by atoms with E-state index in [-0.39, 0.29) is 11.3 Å². The molecule has 0 aliphatic rings. The summed E-state index contributed by atoms with van der Waals surface area (Å²) in [5, 5.41) is 3.52. The number of methoxy groups -OCH3 is 1. The second-order valence-electron chi connectivity index (χ2n) is 7.89. The minimum atomic E-state index is -4.07. The molecule has 4 rings (SSSR count). The van der Waals surface area contributed by atoms with E-state index >= 15 is 0 Å². The van der Waals surface area contributed by atoms with Crippen molar-refractivity contribution in [3.8, 4) is 5.75 Å². The quantitative estimate of drug-likeness (QED) is 0.400. The molecule has 1 amide bonds. The SMILES string of the molecule is COc1ccc(C)cc1NC(=O)[C@H](Cc1ccccc1)NS(=O)(=O)c1cccc2cccnc12. The summed E-state index contributed by atoms with van der Waals surface area (Å²) in [5.74, 6) is -0.0111. The molecule has 1 atom stereocenters. The molecule has 1 heterocycles. The molecule has 2 N–H and O–H groups in total. The van der Waals surface area contributed by atoms with Gasteiger partial charge in [0, 0.05) is 11.6 Å². The first-order valence-corrected chi connectivity index (χ1v) is 12.2. The minimum Gasteiger partial charge on any atom is -0.495 e. The van der Waals surface area contributed by atoms with E-state index in [1.165, 1.54) is 13.2 Å². The minimum absolute atomic E-state index is 0.0181. The monoisotopic (exact) mass is 475 g/mol. The van der Waals surface area contributed by atoms with Crippen LogP contribution in [0.2, 0.25) is 0 Å². The van der Waals surface area contributed by atoms with Crippen molar-refractivity contribution in [1.29, 1.82) is 0 Å². The van der Waals surface area contributed by atoms with Crippen molar-refractivity contribution >= 4 is 32.5 Å². The van der Waals surface area contributed by atoms with Crippen molar-refractivity contribution in [1.82, 2.24) is 9.71 Å². The van der Waals surface area contributed by atoms with Crippen molar-refractivity contribution in [2.45, 2.75) is 24.3 Å². The molecule has 1 aromatic heterocycles. The van der Waals surface area contributed by atoms with Crippen molar-refractivity contribution in [3.05, 3.63) is 96.2 Å². The smallest absolute Gasteiger partial charge is 0.243 e. The maximum absolute atomic E-state index is 13.4. The number of hydrogen-bond donors (Lipinski definition) is 2. The van der Waals surface area contributed by atoms with Gasteiger partial charge in [-0.1, -0.05) is 54.6 Å². The Kier molecular flexibility index (Phi) is 6.90. The van der Waals surface area contributed by atoms with Gasteiger partial charge in [-0.25, -0.2) is 8.42 Å². The van der Waals surface area contributed by atoms with E-state index < -0.39 is 22.0 Å². The highest BCUT2D eigenvalue weighted by Gasteiger charge is 2.28. The van der Waals surface area contributed by atoms with Crippen LogP contribution < -0.4 is 14.8 Å². The summed E-state index contributed by atoms with van der Waals surface area (Å²) < 4.78 is 34.8.